The minimum Gasteiger partial charge on any atom is -0.497 e. The van der Waals surface area contributed by atoms with Crippen molar-refractivity contribution in [2.24, 2.45) is 0 Å². The van der Waals surface area contributed by atoms with Crippen molar-refractivity contribution >= 4 is 5.91 Å². The Labute approximate surface area is 107 Å². The summed E-state index contributed by atoms with van der Waals surface area (Å²) in [6.07, 6.45) is 2.65. The fourth-order valence-electron chi connectivity index (χ4n) is 2.22. The summed E-state index contributed by atoms with van der Waals surface area (Å²) in [4.78, 5) is 14.0. The number of benzene rings is 1. The van der Waals surface area contributed by atoms with Crippen molar-refractivity contribution in [2.75, 3.05) is 27.3 Å². The predicted octanol–water partition coefficient (Wildman–Crippen LogP) is 1.87. The lowest BCUT2D eigenvalue weighted by Crippen LogP contribution is -2.29. The molecule has 0 saturated carbocycles. The summed E-state index contributed by atoms with van der Waals surface area (Å²) < 4.78 is 10.4. The fraction of sp³-hybridized carbons (Fsp3) is 0.500. The molecule has 1 aliphatic heterocycles. The molecule has 0 aromatic heterocycles. The van der Waals surface area contributed by atoms with Gasteiger partial charge in [-0.05, 0) is 30.5 Å². The van der Waals surface area contributed by atoms with Crippen LogP contribution in [0.2, 0.25) is 0 Å². The topological polar surface area (TPSA) is 38.8 Å². The van der Waals surface area contributed by atoms with Gasteiger partial charge in [-0.2, -0.15) is 0 Å². The molecule has 18 heavy (non-hydrogen) atoms. The van der Waals surface area contributed by atoms with Gasteiger partial charge in [-0.3, -0.25) is 4.79 Å². The van der Waals surface area contributed by atoms with Gasteiger partial charge in [0.05, 0.1) is 20.6 Å². The first kappa shape index (κ1) is 12.7. The molecule has 0 radical (unpaired) electrons. The second kappa shape index (κ2) is 5.76. The molecule has 98 valence electrons. The van der Waals surface area contributed by atoms with Gasteiger partial charge in [0.15, 0.2) is 0 Å². The molecule has 0 bridgehead atoms. The third kappa shape index (κ3) is 2.94. The molecular weight excluding hydrogens is 230 g/mol. The molecule has 1 aliphatic rings. The van der Waals surface area contributed by atoms with Gasteiger partial charge in [0.2, 0.25) is 5.91 Å². The number of hydrogen-bond donors (Lipinski definition) is 0. The van der Waals surface area contributed by atoms with Gasteiger partial charge in [-0.25, -0.2) is 0 Å². The van der Waals surface area contributed by atoms with Crippen LogP contribution in [0.5, 0.6) is 11.5 Å². The fourth-order valence-corrected chi connectivity index (χ4v) is 2.22. The first-order valence-electron chi connectivity index (χ1n) is 6.22. The molecule has 1 fully saturated rings. The Balaban J connectivity index is 2.09. The average Bonchev–Trinajstić information content (AvgIpc) is 2.92. The third-order valence-electron chi connectivity index (χ3n) is 3.23. The maximum Gasteiger partial charge on any atom is 0.226 e. The highest BCUT2D eigenvalue weighted by Gasteiger charge is 2.18. The molecule has 1 heterocycles. The summed E-state index contributed by atoms with van der Waals surface area (Å²) in [7, 11) is 3.22. The van der Waals surface area contributed by atoms with Gasteiger partial charge < -0.3 is 14.4 Å². The van der Waals surface area contributed by atoms with E-state index in [1.807, 2.05) is 23.1 Å². The second-order valence-electron chi connectivity index (χ2n) is 4.49. The minimum absolute atomic E-state index is 0.183. The van der Waals surface area contributed by atoms with E-state index < -0.39 is 0 Å². The highest BCUT2D eigenvalue weighted by atomic mass is 16.5. The number of nitrogens with zero attached hydrogens (tertiary/aromatic N) is 1. The standard InChI is InChI=1S/C14H19NO3/c1-17-12-7-11(8-13(10-12)18-2)9-14(16)15-5-3-4-6-15/h7-8,10H,3-6,9H2,1-2H3. The largest absolute Gasteiger partial charge is 0.497 e. The van der Waals surface area contributed by atoms with E-state index in [0.29, 0.717) is 6.42 Å². The number of amides is 1. The Kier molecular flexibility index (Phi) is 4.07. The summed E-state index contributed by atoms with van der Waals surface area (Å²) in [6.45, 7) is 1.78. The molecule has 2 rings (SSSR count). The maximum absolute atomic E-state index is 12.1. The maximum atomic E-state index is 12.1. The van der Waals surface area contributed by atoms with Crippen LogP contribution >= 0.6 is 0 Å². The number of likely N-dealkylation sites (tertiary alicyclic amines) is 1. The molecule has 0 spiro atoms. The average molecular weight is 249 g/mol. The lowest BCUT2D eigenvalue weighted by Gasteiger charge is -2.15. The lowest BCUT2D eigenvalue weighted by molar-refractivity contribution is -0.129. The zero-order chi connectivity index (χ0) is 13.0. The van der Waals surface area contributed by atoms with Crippen molar-refractivity contribution in [2.45, 2.75) is 19.3 Å². The van der Waals surface area contributed by atoms with E-state index in [4.69, 9.17) is 9.47 Å². The molecule has 1 saturated heterocycles. The van der Waals surface area contributed by atoms with E-state index in [9.17, 15) is 4.79 Å². The van der Waals surface area contributed by atoms with Crippen molar-refractivity contribution in [1.29, 1.82) is 0 Å². The van der Waals surface area contributed by atoms with E-state index in [2.05, 4.69) is 0 Å². The Morgan fingerprint density at radius 2 is 1.67 bits per heavy atom. The Morgan fingerprint density at radius 1 is 1.11 bits per heavy atom. The number of rotatable bonds is 4. The predicted molar refractivity (Wildman–Crippen MR) is 69.1 cm³/mol. The van der Waals surface area contributed by atoms with Crippen LogP contribution in [0.25, 0.3) is 0 Å². The Bertz CT molecular complexity index is 403. The third-order valence-corrected chi connectivity index (χ3v) is 3.23. The summed E-state index contributed by atoms with van der Waals surface area (Å²) in [5, 5.41) is 0. The molecule has 1 aromatic carbocycles. The van der Waals surface area contributed by atoms with E-state index in [1.54, 1.807) is 14.2 Å². The van der Waals surface area contributed by atoms with Crippen LogP contribution in [0.3, 0.4) is 0 Å². The Morgan fingerprint density at radius 3 is 2.17 bits per heavy atom. The molecule has 4 nitrogen and oxygen atoms in total. The van der Waals surface area contributed by atoms with Crippen LogP contribution in [0.4, 0.5) is 0 Å². The molecule has 0 aliphatic carbocycles. The van der Waals surface area contributed by atoms with Gasteiger partial charge in [-0.1, -0.05) is 0 Å². The van der Waals surface area contributed by atoms with Crippen LogP contribution in [0.1, 0.15) is 18.4 Å². The zero-order valence-corrected chi connectivity index (χ0v) is 10.9. The quantitative estimate of drug-likeness (QED) is 0.817. The monoisotopic (exact) mass is 249 g/mol. The smallest absolute Gasteiger partial charge is 0.226 e. The van der Waals surface area contributed by atoms with Gasteiger partial charge in [0, 0.05) is 19.2 Å². The number of carbonyl (C=O) groups excluding carboxylic acids is 1. The highest BCUT2D eigenvalue weighted by Crippen LogP contribution is 2.23. The zero-order valence-electron chi connectivity index (χ0n) is 10.9. The first-order chi connectivity index (χ1) is 8.72. The summed E-state index contributed by atoms with van der Waals surface area (Å²) in [6, 6.07) is 5.58. The van der Waals surface area contributed by atoms with Crippen LogP contribution in [0, 0.1) is 0 Å². The van der Waals surface area contributed by atoms with Gasteiger partial charge in [-0.15, -0.1) is 0 Å². The van der Waals surface area contributed by atoms with E-state index in [1.165, 1.54) is 0 Å². The van der Waals surface area contributed by atoms with Gasteiger partial charge in [0.1, 0.15) is 11.5 Å². The SMILES string of the molecule is COc1cc(CC(=O)N2CCCC2)cc(OC)c1. The summed E-state index contributed by atoms with van der Waals surface area (Å²) in [5.41, 5.74) is 0.933. The number of methoxy groups -OCH3 is 2. The van der Waals surface area contributed by atoms with Crippen molar-refractivity contribution in [3.05, 3.63) is 23.8 Å². The summed E-state index contributed by atoms with van der Waals surface area (Å²) in [5.74, 6) is 1.62. The minimum atomic E-state index is 0.183. The van der Waals surface area contributed by atoms with Crippen molar-refractivity contribution < 1.29 is 14.3 Å². The molecule has 0 N–H and O–H groups in total. The second-order valence-corrected chi connectivity index (χ2v) is 4.49. The molecule has 4 heteroatoms. The van der Waals surface area contributed by atoms with E-state index in [0.717, 1.165) is 43.0 Å². The van der Waals surface area contributed by atoms with E-state index in [-0.39, 0.29) is 5.91 Å². The van der Waals surface area contributed by atoms with E-state index >= 15 is 0 Å². The summed E-state index contributed by atoms with van der Waals surface area (Å²) >= 11 is 0. The van der Waals surface area contributed by atoms with Crippen LogP contribution < -0.4 is 9.47 Å². The molecule has 0 unspecified atom stereocenters. The van der Waals surface area contributed by atoms with Gasteiger partial charge in [0.25, 0.3) is 0 Å². The lowest BCUT2D eigenvalue weighted by atomic mass is 10.1. The first-order valence-corrected chi connectivity index (χ1v) is 6.22. The van der Waals surface area contributed by atoms with Gasteiger partial charge >= 0.3 is 0 Å². The molecular formula is C14H19NO3. The number of ether oxygens (including phenoxy) is 2. The molecule has 1 amide bonds. The van der Waals surface area contributed by atoms with Crippen molar-refractivity contribution in [3.63, 3.8) is 0 Å². The normalized spacial score (nSPS) is 14.7. The highest BCUT2D eigenvalue weighted by molar-refractivity contribution is 5.79. The number of hydrogen-bond acceptors (Lipinski definition) is 3. The Hall–Kier alpha value is -1.71. The van der Waals surface area contributed by atoms with Crippen LogP contribution in [0.15, 0.2) is 18.2 Å². The van der Waals surface area contributed by atoms with Crippen LogP contribution in [-0.4, -0.2) is 38.1 Å². The molecule has 0 atom stereocenters. The number of carbonyl (C=O) groups is 1. The molecule has 1 aromatic rings. The van der Waals surface area contributed by atoms with Crippen LogP contribution in [-0.2, 0) is 11.2 Å². The van der Waals surface area contributed by atoms with Crippen molar-refractivity contribution in [1.82, 2.24) is 4.90 Å². The van der Waals surface area contributed by atoms with Crippen molar-refractivity contribution in [3.8, 4) is 11.5 Å².